The van der Waals surface area contributed by atoms with Crippen molar-refractivity contribution in [3.8, 4) is 0 Å². The second kappa shape index (κ2) is 8.47. The molecule has 0 bridgehead atoms. The van der Waals surface area contributed by atoms with Crippen molar-refractivity contribution in [2.24, 2.45) is 0 Å². The van der Waals surface area contributed by atoms with E-state index in [4.69, 9.17) is 0 Å². The molecule has 0 spiro atoms. The highest BCUT2D eigenvalue weighted by Crippen LogP contribution is 2.28. The first-order valence-electron chi connectivity index (χ1n) is 10.6. The van der Waals surface area contributed by atoms with Gasteiger partial charge < -0.3 is 4.90 Å². The van der Waals surface area contributed by atoms with Crippen LogP contribution in [0.2, 0.25) is 0 Å². The van der Waals surface area contributed by atoms with Gasteiger partial charge in [-0.3, -0.25) is 14.0 Å². The van der Waals surface area contributed by atoms with Gasteiger partial charge in [0.05, 0.1) is 0 Å². The Labute approximate surface area is 184 Å². The van der Waals surface area contributed by atoms with E-state index in [0.29, 0.717) is 18.1 Å². The smallest absolute Gasteiger partial charge is 0.271 e. The highest BCUT2D eigenvalue weighted by Gasteiger charge is 2.24. The van der Waals surface area contributed by atoms with E-state index in [9.17, 15) is 9.59 Å². The van der Waals surface area contributed by atoms with E-state index in [1.165, 1.54) is 11.1 Å². The molecule has 6 heteroatoms. The lowest BCUT2D eigenvalue weighted by atomic mass is 10.0. The van der Waals surface area contributed by atoms with E-state index in [0.717, 1.165) is 42.5 Å². The SMILES string of the molecule is O=C(c1cnc2sc3c(n2c1=O)CCCC3)N(Cc1ccccc1)Cc1ccccc1. The second-order valence-electron chi connectivity index (χ2n) is 7.91. The van der Waals surface area contributed by atoms with Gasteiger partial charge in [0, 0.05) is 29.9 Å². The van der Waals surface area contributed by atoms with E-state index in [1.807, 2.05) is 60.7 Å². The van der Waals surface area contributed by atoms with Crippen LogP contribution < -0.4 is 5.56 Å². The summed E-state index contributed by atoms with van der Waals surface area (Å²) in [5, 5.41) is 0. The monoisotopic (exact) mass is 429 g/mol. The fourth-order valence-corrected chi connectivity index (χ4v) is 5.36. The molecule has 1 amide bonds. The molecule has 0 saturated heterocycles. The van der Waals surface area contributed by atoms with E-state index in [-0.39, 0.29) is 17.0 Å². The van der Waals surface area contributed by atoms with E-state index in [1.54, 1.807) is 20.6 Å². The number of rotatable bonds is 5. The van der Waals surface area contributed by atoms with Gasteiger partial charge >= 0.3 is 0 Å². The standard InChI is InChI=1S/C25H23N3O2S/c29-23(20-15-26-25-28(24(20)30)21-13-7-8-14-22(21)31-25)27(16-18-9-3-1-4-10-18)17-19-11-5-2-6-12-19/h1-6,9-12,15H,7-8,13-14,16-17H2. The summed E-state index contributed by atoms with van der Waals surface area (Å²) in [5.74, 6) is -0.282. The number of hydrogen-bond acceptors (Lipinski definition) is 4. The minimum atomic E-state index is -0.282. The van der Waals surface area contributed by atoms with Gasteiger partial charge in [0.1, 0.15) is 5.56 Å². The van der Waals surface area contributed by atoms with Gasteiger partial charge in [-0.1, -0.05) is 60.7 Å². The van der Waals surface area contributed by atoms with Crippen LogP contribution in [-0.4, -0.2) is 20.2 Å². The third-order valence-corrected chi connectivity index (χ3v) is 6.91. The number of aromatic nitrogens is 2. The van der Waals surface area contributed by atoms with Crippen molar-refractivity contribution < 1.29 is 4.79 Å². The topological polar surface area (TPSA) is 54.7 Å². The molecule has 156 valence electrons. The molecule has 0 fully saturated rings. The molecule has 31 heavy (non-hydrogen) atoms. The Morgan fingerprint density at radius 1 is 0.935 bits per heavy atom. The summed E-state index contributed by atoms with van der Waals surface area (Å²) >= 11 is 1.57. The predicted molar refractivity (Wildman–Crippen MR) is 122 cm³/mol. The van der Waals surface area contributed by atoms with Crippen LogP contribution in [0, 0.1) is 0 Å². The number of aryl methyl sites for hydroxylation is 2. The average molecular weight is 430 g/mol. The fourth-order valence-electron chi connectivity index (χ4n) is 4.19. The van der Waals surface area contributed by atoms with Crippen LogP contribution in [0.25, 0.3) is 4.96 Å². The van der Waals surface area contributed by atoms with Gasteiger partial charge in [0.15, 0.2) is 4.96 Å². The normalized spacial score (nSPS) is 13.2. The van der Waals surface area contributed by atoms with Crippen molar-refractivity contribution in [1.29, 1.82) is 0 Å². The lowest BCUT2D eigenvalue weighted by Crippen LogP contribution is -2.35. The van der Waals surface area contributed by atoms with Crippen molar-refractivity contribution in [3.05, 3.63) is 104 Å². The molecule has 0 N–H and O–H groups in total. The summed E-state index contributed by atoms with van der Waals surface area (Å²) < 4.78 is 1.68. The van der Waals surface area contributed by atoms with Crippen molar-refractivity contribution in [1.82, 2.24) is 14.3 Å². The van der Waals surface area contributed by atoms with Gasteiger partial charge in [0.25, 0.3) is 11.5 Å². The molecule has 2 aromatic heterocycles. The van der Waals surface area contributed by atoms with Crippen LogP contribution in [-0.2, 0) is 25.9 Å². The number of carbonyl (C=O) groups is 1. The summed E-state index contributed by atoms with van der Waals surface area (Å²) in [5.41, 5.74) is 2.97. The highest BCUT2D eigenvalue weighted by atomic mass is 32.1. The number of carbonyl (C=O) groups excluding carboxylic acids is 1. The van der Waals surface area contributed by atoms with E-state index < -0.39 is 0 Å². The van der Waals surface area contributed by atoms with Crippen LogP contribution in [0.3, 0.4) is 0 Å². The Hall–Kier alpha value is -3.25. The lowest BCUT2D eigenvalue weighted by molar-refractivity contribution is 0.0727. The number of benzene rings is 2. The minimum Gasteiger partial charge on any atom is -0.330 e. The second-order valence-corrected chi connectivity index (χ2v) is 8.97. The van der Waals surface area contributed by atoms with E-state index in [2.05, 4.69) is 4.98 Å². The molecule has 5 nitrogen and oxygen atoms in total. The minimum absolute atomic E-state index is 0.135. The zero-order chi connectivity index (χ0) is 21.2. The van der Waals surface area contributed by atoms with Crippen LogP contribution in [0.4, 0.5) is 0 Å². The summed E-state index contributed by atoms with van der Waals surface area (Å²) in [6.45, 7) is 0.858. The quantitative estimate of drug-likeness (QED) is 0.470. The van der Waals surface area contributed by atoms with Crippen LogP contribution in [0.5, 0.6) is 0 Å². The first-order chi connectivity index (χ1) is 15.2. The summed E-state index contributed by atoms with van der Waals surface area (Å²) in [7, 11) is 0. The molecular formula is C25H23N3O2S. The zero-order valence-electron chi connectivity index (χ0n) is 17.2. The molecule has 0 saturated carbocycles. The molecular weight excluding hydrogens is 406 g/mol. The Morgan fingerprint density at radius 2 is 1.55 bits per heavy atom. The predicted octanol–water partition coefficient (Wildman–Crippen LogP) is 4.48. The summed E-state index contributed by atoms with van der Waals surface area (Å²) in [6, 6.07) is 19.7. The summed E-state index contributed by atoms with van der Waals surface area (Å²) in [6.07, 6.45) is 5.53. The molecule has 1 aliphatic rings. The fraction of sp³-hybridized carbons (Fsp3) is 0.240. The Bertz CT molecular complexity index is 1240. The molecule has 5 rings (SSSR count). The largest absolute Gasteiger partial charge is 0.330 e. The van der Waals surface area contributed by atoms with Crippen LogP contribution in [0.1, 0.15) is 44.9 Å². The van der Waals surface area contributed by atoms with Gasteiger partial charge in [-0.25, -0.2) is 4.98 Å². The molecule has 0 unspecified atom stereocenters. The van der Waals surface area contributed by atoms with Gasteiger partial charge in [0.2, 0.25) is 0 Å². The molecule has 0 radical (unpaired) electrons. The number of nitrogens with zero attached hydrogens (tertiary/aromatic N) is 3. The number of hydrogen-bond donors (Lipinski definition) is 0. The van der Waals surface area contributed by atoms with Crippen LogP contribution in [0.15, 0.2) is 71.7 Å². The van der Waals surface area contributed by atoms with E-state index >= 15 is 0 Å². The molecule has 0 atom stereocenters. The number of fused-ring (bicyclic) bond motifs is 3. The van der Waals surface area contributed by atoms with Gasteiger partial charge in [-0.05, 0) is 36.8 Å². The Kier molecular flexibility index (Phi) is 5.38. The first-order valence-corrected chi connectivity index (χ1v) is 11.4. The molecule has 1 aliphatic carbocycles. The maximum absolute atomic E-state index is 13.6. The molecule has 4 aromatic rings. The summed E-state index contributed by atoms with van der Waals surface area (Å²) in [4.78, 5) is 35.1. The maximum atomic E-state index is 13.6. The molecule has 0 aliphatic heterocycles. The Morgan fingerprint density at radius 3 is 2.19 bits per heavy atom. The van der Waals surface area contributed by atoms with Gasteiger partial charge in [-0.15, -0.1) is 11.3 Å². The lowest BCUT2D eigenvalue weighted by Gasteiger charge is -2.23. The average Bonchev–Trinajstić information content (AvgIpc) is 3.19. The number of amides is 1. The third-order valence-electron chi connectivity index (χ3n) is 5.75. The maximum Gasteiger partial charge on any atom is 0.271 e. The molecule has 2 heterocycles. The van der Waals surface area contributed by atoms with Crippen molar-refractivity contribution in [2.45, 2.75) is 38.8 Å². The van der Waals surface area contributed by atoms with Crippen molar-refractivity contribution in [2.75, 3.05) is 0 Å². The van der Waals surface area contributed by atoms with Crippen molar-refractivity contribution >= 4 is 22.2 Å². The Balaban J connectivity index is 1.54. The molecule has 2 aromatic carbocycles. The van der Waals surface area contributed by atoms with Crippen molar-refractivity contribution in [3.63, 3.8) is 0 Å². The third kappa shape index (κ3) is 3.91. The number of thiazole rings is 1. The van der Waals surface area contributed by atoms with Gasteiger partial charge in [-0.2, -0.15) is 0 Å². The zero-order valence-corrected chi connectivity index (χ0v) is 18.0. The first kappa shape index (κ1) is 19.7. The highest BCUT2D eigenvalue weighted by molar-refractivity contribution is 7.17. The van der Waals surface area contributed by atoms with Crippen LogP contribution >= 0.6 is 11.3 Å².